The van der Waals surface area contributed by atoms with Crippen LogP contribution < -0.4 is 0 Å². The van der Waals surface area contributed by atoms with Gasteiger partial charge in [0.25, 0.3) is 0 Å². The summed E-state index contributed by atoms with van der Waals surface area (Å²) < 4.78 is 0. The lowest BCUT2D eigenvalue weighted by atomic mass is 9.83. The van der Waals surface area contributed by atoms with Gasteiger partial charge in [0, 0.05) is 18.0 Å². The van der Waals surface area contributed by atoms with Gasteiger partial charge in [-0.3, -0.25) is 0 Å². The standard InChI is InChI=1S/C17H17N3/c18-10-13-11-19-17(20-12-13)16-8-4-7-15(9-16)14-5-2-1-3-6-14/h4,7-9,11-12,14H,1-3,5-6H2. The van der Waals surface area contributed by atoms with E-state index in [1.807, 2.05) is 12.1 Å². The van der Waals surface area contributed by atoms with Gasteiger partial charge in [0.15, 0.2) is 5.82 Å². The van der Waals surface area contributed by atoms with E-state index in [0.29, 0.717) is 17.3 Å². The molecule has 0 unspecified atom stereocenters. The van der Waals surface area contributed by atoms with Crippen LogP contribution in [0.5, 0.6) is 0 Å². The largest absolute Gasteiger partial charge is 0.235 e. The van der Waals surface area contributed by atoms with Crippen LogP contribution in [0, 0.1) is 11.3 Å². The van der Waals surface area contributed by atoms with E-state index in [1.165, 1.54) is 37.7 Å². The first-order valence-electron chi connectivity index (χ1n) is 7.19. The molecule has 2 aromatic rings. The summed E-state index contributed by atoms with van der Waals surface area (Å²) >= 11 is 0. The van der Waals surface area contributed by atoms with E-state index in [-0.39, 0.29) is 0 Å². The van der Waals surface area contributed by atoms with Crippen molar-refractivity contribution in [2.24, 2.45) is 0 Å². The number of rotatable bonds is 2. The van der Waals surface area contributed by atoms with Crippen LogP contribution in [0.25, 0.3) is 11.4 Å². The topological polar surface area (TPSA) is 49.6 Å². The van der Waals surface area contributed by atoms with Crippen LogP contribution in [-0.4, -0.2) is 9.97 Å². The van der Waals surface area contributed by atoms with E-state index in [4.69, 9.17) is 5.26 Å². The third-order valence-electron chi connectivity index (χ3n) is 4.00. The van der Waals surface area contributed by atoms with Crippen LogP contribution in [0.15, 0.2) is 36.7 Å². The van der Waals surface area contributed by atoms with Gasteiger partial charge in [-0.1, -0.05) is 37.5 Å². The molecule has 1 aromatic heterocycles. The summed E-state index contributed by atoms with van der Waals surface area (Å²) in [5.74, 6) is 1.38. The van der Waals surface area contributed by atoms with Crippen LogP contribution >= 0.6 is 0 Å². The third kappa shape index (κ3) is 2.70. The molecule has 20 heavy (non-hydrogen) atoms. The Morgan fingerprint density at radius 2 is 1.80 bits per heavy atom. The molecule has 1 aliphatic rings. The van der Waals surface area contributed by atoms with Gasteiger partial charge in [0.1, 0.15) is 6.07 Å². The average Bonchev–Trinajstić information content (AvgIpc) is 2.56. The lowest BCUT2D eigenvalue weighted by molar-refractivity contribution is 0.443. The first-order chi connectivity index (χ1) is 9.86. The molecule has 0 saturated heterocycles. The Balaban J connectivity index is 1.88. The predicted octanol–water partition coefficient (Wildman–Crippen LogP) is 4.06. The Labute approximate surface area is 119 Å². The normalized spacial score (nSPS) is 15.8. The maximum atomic E-state index is 8.78. The summed E-state index contributed by atoms with van der Waals surface area (Å²) in [4.78, 5) is 8.54. The van der Waals surface area contributed by atoms with Gasteiger partial charge in [-0.25, -0.2) is 9.97 Å². The number of benzene rings is 1. The van der Waals surface area contributed by atoms with E-state index < -0.39 is 0 Å². The lowest BCUT2D eigenvalue weighted by Crippen LogP contribution is -2.04. The van der Waals surface area contributed by atoms with E-state index in [1.54, 1.807) is 12.4 Å². The highest BCUT2D eigenvalue weighted by Crippen LogP contribution is 2.33. The summed E-state index contributed by atoms with van der Waals surface area (Å²) in [6, 6.07) is 10.6. The van der Waals surface area contributed by atoms with Crippen molar-refractivity contribution in [3.05, 3.63) is 47.8 Å². The van der Waals surface area contributed by atoms with Crippen LogP contribution in [0.3, 0.4) is 0 Å². The van der Waals surface area contributed by atoms with Crippen molar-refractivity contribution < 1.29 is 0 Å². The van der Waals surface area contributed by atoms with E-state index >= 15 is 0 Å². The molecule has 0 aliphatic heterocycles. The molecule has 0 bridgehead atoms. The van der Waals surface area contributed by atoms with Gasteiger partial charge in [0.2, 0.25) is 0 Å². The SMILES string of the molecule is N#Cc1cnc(-c2cccc(C3CCCCC3)c2)nc1. The van der Waals surface area contributed by atoms with Crippen LogP contribution in [-0.2, 0) is 0 Å². The number of nitriles is 1. The summed E-state index contributed by atoms with van der Waals surface area (Å²) in [6.45, 7) is 0. The minimum atomic E-state index is 0.497. The van der Waals surface area contributed by atoms with Crippen molar-refractivity contribution in [1.29, 1.82) is 5.26 Å². The number of aromatic nitrogens is 2. The monoisotopic (exact) mass is 263 g/mol. The Bertz CT molecular complexity index is 619. The van der Waals surface area contributed by atoms with Crippen LogP contribution in [0.4, 0.5) is 0 Å². The van der Waals surface area contributed by atoms with E-state index in [9.17, 15) is 0 Å². The first kappa shape index (κ1) is 12.8. The Kier molecular flexibility index (Phi) is 3.73. The lowest BCUT2D eigenvalue weighted by Gasteiger charge is -2.22. The van der Waals surface area contributed by atoms with E-state index in [2.05, 4.69) is 28.2 Å². The Morgan fingerprint density at radius 1 is 1.05 bits per heavy atom. The minimum absolute atomic E-state index is 0.497. The molecular weight excluding hydrogens is 246 g/mol. The summed E-state index contributed by atoms with van der Waals surface area (Å²) in [6.07, 6.45) is 9.78. The van der Waals surface area contributed by atoms with Crippen molar-refractivity contribution in [3.63, 3.8) is 0 Å². The van der Waals surface area contributed by atoms with Gasteiger partial charge in [-0.05, 0) is 30.4 Å². The van der Waals surface area contributed by atoms with Gasteiger partial charge in [0.05, 0.1) is 5.56 Å². The van der Waals surface area contributed by atoms with Crippen LogP contribution in [0.2, 0.25) is 0 Å². The van der Waals surface area contributed by atoms with Gasteiger partial charge in [-0.15, -0.1) is 0 Å². The van der Waals surface area contributed by atoms with E-state index in [0.717, 1.165) is 5.56 Å². The first-order valence-corrected chi connectivity index (χ1v) is 7.19. The van der Waals surface area contributed by atoms with Gasteiger partial charge in [-0.2, -0.15) is 5.26 Å². The molecule has 1 heterocycles. The maximum absolute atomic E-state index is 8.78. The van der Waals surface area contributed by atoms with Crippen LogP contribution in [0.1, 0.15) is 49.1 Å². The number of nitrogens with zero attached hydrogens (tertiary/aromatic N) is 3. The minimum Gasteiger partial charge on any atom is -0.235 e. The molecule has 0 amide bonds. The highest BCUT2D eigenvalue weighted by molar-refractivity contribution is 5.56. The second-order valence-corrected chi connectivity index (χ2v) is 5.37. The fourth-order valence-electron chi connectivity index (χ4n) is 2.90. The predicted molar refractivity (Wildman–Crippen MR) is 78.0 cm³/mol. The molecule has 1 aromatic carbocycles. The molecule has 0 radical (unpaired) electrons. The fraction of sp³-hybridized carbons (Fsp3) is 0.353. The maximum Gasteiger partial charge on any atom is 0.159 e. The molecule has 3 heteroatoms. The van der Waals surface area contributed by atoms with Crippen molar-refractivity contribution in [3.8, 4) is 17.5 Å². The molecule has 100 valence electrons. The van der Waals surface area contributed by atoms with Gasteiger partial charge >= 0.3 is 0 Å². The zero-order valence-electron chi connectivity index (χ0n) is 11.4. The molecule has 1 saturated carbocycles. The van der Waals surface area contributed by atoms with Gasteiger partial charge < -0.3 is 0 Å². The molecule has 0 atom stereocenters. The molecular formula is C17H17N3. The molecule has 1 fully saturated rings. The zero-order chi connectivity index (χ0) is 13.8. The van der Waals surface area contributed by atoms with Crippen molar-refractivity contribution in [1.82, 2.24) is 9.97 Å². The zero-order valence-corrected chi connectivity index (χ0v) is 11.4. The molecule has 3 nitrogen and oxygen atoms in total. The third-order valence-corrected chi connectivity index (χ3v) is 4.00. The highest BCUT2D eigenvalue weighted by atomic mass is 14.9. The molecule has 0 N–H and O–H groups in total. The highest BCUT2D eigenvalue weighted by Gasteiger charge is 2.16. The number of hydrogen-bond acceptors (Lipinski definition) is 3. The quantitative estimate of drug-likeness (QED) is 0.820. The summed E-state index contributed by atoms with van der Waals surface area (Å²) in [5.41, 5.74) is 2.94. The average molecular weight is 263 g/mol. The van der Waals surface area contributed by atoms with Crippen molar-refractivity contribution >= 4 is 0 Å². The number of hydrogen-bond donors (Lipinski definition) is 0. The summed E-state index contributed by atoms with van der Waals surface area (Å²) in [5, 5.41) is 8.78. The summed E-state index contributed by atoms with van der Waals surface area (Å²) in [7, 11) is 0. The Morgan fingerprint density at radius 3 is 2.50 bits per heavy atom. The second kappa shape index (κ2) is 5.83. The van der Waals surface area contributed by atoms with Crippen molar-refractivity contribution in [2.75, 3.05) is 0 Å². The smallest absolute Gasteiger partial charge is 0.159 e. The Hall–Kier alpha value is -2.21. The fourth-order valence-corrected chi connectivity index (χ4v) is 2.90. The second-order valence-electron chi connectivity index (χ2n) is 5.37. The van der Waals surface area contributed by atoms with Crippen molar-refractivity contribution in [2.45, 2.75) is 38.0 Å². The molecule has 3 rings (SSSR count). The molecule has 1 aliphatic carbocycles. The molecule has 0 spiro atoms.